The molecular weight excluding hydrogens is 328 g/mol. The Morgan fingerprint density at radius 1 is 1.04 bits per heavy atom. The van der Waals surface area contributed by atoms with Crippen molar-refractivity contribution in [2.24, 2.45) is 0 Å². The van der Waals surface area contributed by atoms with Crippen molar-refractivity contribution in [2.45, 2.75) is 20.3 Å². The maximum atomic E-state index is 12.2. The predicted octanol–water partition coefficient (Wildman–Crippen LogP) is 2.24. The molecule has 136 valence electrons. The summed E-state index contributed by atoms with van der Waals surface area (Å²) in [6.07, 6.45) is 2.10. The van der Waals surface area contributed by atoms with Crippen molar-refractivity contribution in [1.29, 1.82) is 0 Å². The molecule has 1 fully saturated rings. The summed E-state index contributed by atoms with van der Waals surface area (Å²) in [5.74, 6) is 0.590. The number of nitrogens with zero attached hydrogens (tertiary/aromatic N) is 3. The minimum atomic E-state index is -0.0795. The second-order valence-electron chi connectivity index (χ2n) is 6.61. The molecule has 26 heavy (non-hydrogen) atoms. The SMILES string of the molecule is CC(=O)N1CCN(c2ccc(NC(=O)Cc3ccc(C)cc3)nc2)CC1. The maximum absolute atomic E-state index is 12.2. The van der Waals surface area contributed by atoms with E-state index in [9.17, 15) is 9.59 Å². The molecule has 2 heterocycles. The summed E-state index contributed by atoms with van der Waals surface area (Å²) in [6, 6.07) is 11.7. The Morgan fingerprint density at radius 2 is 1.73 bits per heavy atom. The fourth-order valence-corrected chi connectivity index (χ4v) is 3.00. The number of anilines is 2. The van der Waals surface area contributed by atoms with Gasteiger partial charge in [-0.2, -0.15) is 0 Å². The lowest BCUT2D eigenvalue weighted by Gasteiger charge is -2.35. The number of benzene rings is 1. The minimum absolute atomic E-state index is 0.0795. The van der Waals surface area contributed by atoms with Gasteiger partial charge in [-0.15, -0.1) is 0 Å². The number of piperazine rings is 1. The van der Waals surface area contributed by atoms with E-state index in [0.29, 0.717) is 12.2 Å². The van der Waals surface area contributed by atoms with Crippen LogP contribution in [0, 0.1) is 6.92 Å². The van der Waals surface area contributed by atoms with Crippen LogP contribution in [0.4, 0.5) is 11.5 Å². The quantitative estimate of drug-likeness (QED) is 0.916. The van der Waals surface area contributed by atoms with Crippen molar-refractivity contribution < 1.29 is 9.59 Å². The van der Waals surface area contributed by atoms with Gasteiger partial charge in [0.05, 0.1) is 18.3 Å². The summed E-state index contributed by atoms with van der Waals surface area (Å²) < 4.78 is 0. The number of hydrogen-bond acceptors (Lipinski definition) is 4. The maximum Gasteiger partial charge on any atom is 0.229 e. The Hall–Kier alpha value is -2.89. The van der Waals surface area contributed by atoms with Gasteiger partial charge in [-0.1, -0.05) is 29.8 Å². The highest BCUT2D eigenvalue weighted by Crippen LogP contribution is 2.17. The van der Waals surface area contributed by atoms with E-state index in [4.69, 9.17) is 0 Å². The minimum Gasteiger partial charge on any atom is -0.367 e. The standard InChI is InChI=1S/C20H24N4O2/c1-15-3-5-17(6-4-15)13-20(26)22-19-8-7-18(14-21-19)24-11-9-23(10-12-24)16(2)25/h3-8,14H,9-13H2,1-2H3,(H,21,22,26). The third kappa shape index (κ3) is 4.59. The van der Waals surface area contributed by atoms with Gasteiger partial charge in [-0.25, -0.2) is 4.98 Å². The first-order chi connectivity index (χ1) is 12.5. The van der Waals surface area contributed by atoms with Crippen molar-refractivity contribution in [2.75, 3.05) is 36.4 Å². The van der Waals surface area contributed by atoms with Crippen LogP contribution in [0.1, 0.15) is 18.1 Å². The fraction of sp³-hybridized carbons (Fsp3) is 0.350. The number of hydrogen-bond donors (Lipinski definition) is 1. The molecule has 1 aliphatic rings. The number of aryl methyl sites for hydroxylation is 1. The molecule has 1 aromatic carbocycles. The van der Waals surface area contributed by atoms with Crippen molar-refractivity contribution in [3.05, 3.63) is 53.7 Å². The molecule has 0 atom stereocenters. The van der Waals surface area contributed by atoms with E-state index in [1.807, 2.05) is 48.2 Å². The monoisotopic (exact) mass is 352 g/mol. The molecule has 0 unspecified atom stereocenters. The molecule has 1 saturated heterocycles. The van der Waals surface area contributed by atoms with Gasteiger partial charge in [0.2, 0.25) is 11.8 Å². The lowest BCUT2D eigenvalue weighted by atomic mass is 10.1. The van der Waals surface area contributed by atoms with Gasteiger partial charge in [0.15, 0.2) is 0 Å². The molecule has 0 saturated carbocycles. The van der Waals surface area contributed by atoms with Crippen LogP contribution in [0.2, 0.25) is 0 Å². The summed E-state index contributed by atoms with van der Waals surface area (Å²) >= 11 is 0. The third-order valence-electron chi connectivity index (χ3n) is 4.59. The van der Waals surface area contributed by atoms with E-state index in [0.717, 1.165) is 37.4 Å². The first kappa shape index (κ1) is 17.9. The van der Waals surface area contributed by atoms with E-state index in [2.05, 4.69) is 15.2 Å². The van der Waals surface area contributed by atoms with Gasteiger partial charge in [-0.3, -0.25) is 9.59 Å². The summed E-state index contributed by atoms with van der Waals surface area (Å²) in [5.41, 5.74) is 3.16. The average molecular weight is 352 g/mol. The Bertz CT molecular complexity index is 763. The number of carbonyl (C=O) groups is 2. The smallest absolute Gasteiger partial charge is 0.229 e. The molecule has 3 rings (SSSR count). The van der Waals surface area contributed by atoms with Gasteiger partial charge >= 0.3 is 0 Å². The summed E-state index contributed by atoms with van der Waals surface area (Å²) in [7, 11) is 0. The molecule has 6 nitrogen and oxygen atoms in total. The average Bonchev–Trinajstić information content (AvgIpc) is 2.64. The molecule has 1 aromatic heterocycles. The Kier molecular flexibility index (Phi) is 5.51. The Morgan fingerprint density at radius 3 is 2.31 bits per heavy atom. The van der Waals surface area contributed by atoms with Gasteiger partial charge in [0.25, 0.3) is 0 Å². The van der Waals surface area contributed by atoms with Gasteiger partial charge in [0.1, 0.15) is 5.82 Å². The van der Waals surface area contributed by atoms with Gasteiger partial charge < -0.3 is 15.1 Å². The second kappa shape index (κ2) is 7.99. The van der Waals surface area contributed by atoms with Crippen LogP contribution in [0.25, 0.3) is 0 Å². The van der Waals surface area contributed by atoms with Gasteiger partial charge in [-0.05, 0) is 24.6 Å². The Labute approximate surface area is 153 Å². The number of carbonyl (C=O) groups excluding carboxylic acids is 2. The molecule has 1 aliphatic heterocycles. The fourth-order valence-electron chi connectivity index (χ4n) is 3.00. The number of aromatic nitrogens is 1. The van der Waals surface area contributed by atoms with Crippen LogP contribution < -0.4 is 10.2 Å². The molecule has 0 spiro atoms. The first-order valence-corrected chi connectivity index (χ1v) is 8.83. The highest BCUT2D eigenvalue weighted by atomic mass is 16.2. The largest absolute Gasteiger partial charge is 0.367 e. The third-order valence-corrected chi connectivity index (χ3v) is 4.59. The summed E-state index contributed by atoms with van der Waals surface area (Å²) in [4.78, 5) is 31.9. The normalized spacial score (nSPS) is 14.2. The lowest BCUT2D eigenvalue weighted by molar-refractivity contribution is -0.129. The topological polar surface area (TPSA) is 65.5 Å². The number of pyridine rings is 1. The van der Waals surface area contributed by atoms with E-state index < -0.39 is 0 Å². The highest BCUT2D eigenvalue weighted by molar-refractivity contribution is 5.91. The predicted molar refractivity (Wildman–Crippen MR) is 102 cm³/mol. The van der Waals surface area contributed by atoms with E-state index in [1.165, 1.54) is 5.56 Å². The highest BCUT2D eigenvalue weighted by Gasteiger charge is 2.19. The lowest BCUT2D eigenvalue weighted by Crippen LogP contribution is -2.48. The first-order valence-electron chi connectivity index (χ1n) is 8.83. The zero-order chi connectivity index (χ0) is 18.5. The summed E-state index contributed by atoms with van der Waals surface area (Å²) in [6.45, 7) is 6.66. The molecule has 0 aliphatic carbocycles. The molecule has 0 bridgehead atoms. The van der Waals surface area contributed by atoms with Crippen molar-refractivity contribution in [1.82, 2.24) is 9.88 Å². The van der Waals surface area contributed by atoms with Crippen LogP contribution in [-0.4, -0.2) is 47.9 Å². The molecular formula is C20H24N4O2. The van der Waals surface area contributed by atoms with E-state index in [-0.39, 0.29) is 11.8 Å². The van der Waals surface area contributed by atoms with E-state index >= 15 is 0 Å². The van der Waals surface area contributed by atoms with Crippen LogP contribution in [-0.2, 0) is 16.0 Å². The van der Waals surface area contributed by atoms with Crippen molar-refractivity contribution >= 4 is 23.3 Å². The van der Waals surface area contributed by atoms with Crippen LogP contribution in [0.15, 0.2) is 42.6 Å². The molecule has 1 N–H and O–H groups in total. The number of nitrogens with one attached hydrogen (secondary N) is 1. The van der Waals surface area contributed by atoms with Crippen LogP contribution in [0.5, 0.6) is 0 Å². The zero-order valence-electron chi connectivity index (χ0n) is 15.2. The second-order valence-corrected chi connectivity index (χ2v) is 6.61. The zero-order valence-corrected chi connectivity index (χ0v) is 15.2. The van der Waals surface area contributed by atoms with Crippen LogP contribution >= 0.6 is 0 Å². The van der Waals surface area contributed by atoms with Crippen LogP contribution in [0.3, 0.4) is 0 Å². The molecule has 2 amide bonds. The summed E-state index contributed by atoms with van der Waals surface area (Å²) in [5, 5.41) is 2.84. The van der Waals surface area contributed by atoms with Crippen molar-refractivity contribution in [3.8, 4) is 0 Å². The van der Waals surface area contributed by atoms with Gasteiger partial charge in [0, 0.05) is 33.1 Å². The molecule has 6 heteroatoms. The van der Waals surface area contributed by atoms with Crippen molar-refractivity contribution in [3.63, 3.8) is 0 Å². The Balaban J connectivity index is 1.53. The van der Waals surface area contributed by atoms with E-state index in [1.54, 1.807) is 13.1 Å². The number of amides is 2. The molecule has 2 aromatic rings. The molecule has 0 radical (unpaired) electrons. The number of rotatable bonds is 4.